The molecule has 328 valence electrons. The summed E-state index contributed by atoms with van der Waals surface area (Å²) in [5.41, 5.74) is 0. The van der Waals surface area contributed by atoms with E-state index < -0.39 is 51.8 Å². The van der Waals surface area contributed by atoms with Gasteiger partial charge in [-0.25, -0.2) is 4.57 Å². The number of esters is 2. The van der Waals surface area contributed by atoms with Crippen molar-refractivity contribution in [2.24, 2.45) is 0 Å². The zero-order chi connectivity index (χ0) is 41.2. The summed E-state index contributed by atoms with van der Waals surface area (Å²) < 4.78 is 32.7. The second-order valence-corrected chi connectivity index (χ2v) is 16.5. The number of unbranched alkanes of at least 4 members (excludes halogenated alkanes) is 22. The van der Waals surface area contributed by atoms with Gasteiger partial charge in [0.05, 0.1) is 19.8 Å². The van der Waals surface area contributed by atoms with E-state index >= 15 is 0 Å². The number of carbonyl (C=O) groups is 2. The molecule has 0 aromatic rings. The largest absolute Gasteiger partial charge is 0.472 e. The van der Waals surface area contributed by atoms with Crippen LogP contribution in [-0.2, 0) is 32.7 Å². The molecular formula is C45H83O10P. The average molecular weight is 815 g/mol. The third-order valence-corrected chi connectivity index (χ3v) is 10.5. The molecule has 0 aliphatic rings. The summed E-state index contributed by atoms with van der Waals surface area (Å²) in [6.45, 7) is 2.34. The molecule has 11 heteroatoms. The van der Waals surface area contributed by atoms with Gasteiger partial charge in [-0.2, -0.15) is 0 Å². The van der Waals surface area contributed by atoms with E-state index in [1.54, 1.807) is 0 Å². The van der Waals surface area contributed by atoms with Crippen LogP contribution in [-0.4, -0.2) is 65.7 Å². The summed E-state index contributed by atoms with van der Waals surface area (Å²) >= 11 is 0. The van der Waals surface area contributed by atoms with Gasteiger partial charge in [-0.15, -0.1) is 0 Å². The van der Waals surface area contributed by atoms with Gasteiger partial charge in [0.1, 0.15) is 12.7 Å². The van der Waals surface area contributed by atoms with Crippen molar-refractivity contribution in [3.8, 4) is 0 Å². The summed E-state index contributed by atoms with van der Waals surface area (Å²) in [5.74, 6) is -0.940. The number of phosphoric ester groups is 1. The Kier molecular flexibility index (Phi) is 40.0. The highest BCUT2D eigenvalue weighted by molar-refractivity contribution is 7.47. The van der Waals surface area contributed by atoms with Crippen molar-refractivity contribution in [1.82, 2.24) is 0 Å². The van der Waals surface area contributed by atoms with Gasteiger partial charge < -0.3 is 24.6 Å². The third kappa shape index (κ3) is 40.4. The van der Waals surface area contributed by atoms with Crippen LogP contribution < -0.4 is 0 Å². The Morgan fingerprint density at radius 3 is 1.43 bits per heavy atom. The van der Waals surface area contributed by atoms with Gasteiger partial charge in [-0.3, -0.25) is 18.6 Å². The molecule has 0 aromatic carbocycles. The first-order valence-electron chi connectivity index (χ1n) is 22.4. The van der Waals surface area contributed by atoms with E-state index in [1.165, 1.54) is 89.9 Å². The number of rotatable bonds is 42. The van der Waals surface area contributed by atoms with Crippen LogP contribution in [0.2, 0.25) is 0 Å². The van der Waals surface area contributed by atoms with Crippen LogP contribution in [0.3, 0.4) is 0 Å². The SMILES string of the molecule is CCCCC/C=C\C/C=C\CCCCCCCCCC(=O)OC(COC(=O)CCCCCCC/C=C\CCCCCCCCC)COP(=O)(O)OCC(O)CO. The Morgan fingerprint density at radius 2 is 0.929 bits per heavy atom. The van der Waals surface area contributed by atoms with E-state index in [2.05, 4.69) is 50.3 Å². The number of aliphatic hydroxyl groups excluding tert-OH is 2. The molecule has 0 spiro atoms. The van der Waals surface area contributed by atoms with Crippen LogP contribution in [0.5, 0.6) is 0 Å². The van der Waals surface area contributed by atoms with Gasteiger partial charge in [-0.05, 0) is 70.6 Å². The Morgan fingerprint density at radius 1 is 0.536 bits per heavy atom. The second-order valence-electron chi connectivity index (χ2n) is 15.1. The van der Waals surface area contributed by atoms with Crippen LogP contribution >= 0.6 is 7.82 Å². The molecule has 0 radical (unpaired) electrons. The Hall–Kier alpha value is -1.81. The first kappa shape index (κ1) is 54.2. The summed E-state index contributed by atoms with van der Waals surface area (Å²) in [6, 6.07) is 0. The summed E-state index contributed by atoms with van der Waals surface area (Å²) in [7, 11) is -4.62. The second kappa shape index (κ2) is 41.4. The lowest BCUT2D eigenvalue weighted by Gasteiger charge is -2.20. The third-order valence-electron chi connectivity index (χ3n) is 9.52. The maximum absolute atomic E-state index is 12.6. The number of phosphoric acid groups is 1. The number of hydrogen-bond donors (Lipinski definition) is 3. The topological polar surface area (TPSA) is 149 Å². The average Bonchev–Trinajstić information content (AvgIpc) is 3.19. The molecule has 0 amide bonds. The van der Waals surface area contributed by atoms with E-state index in [4.69, 9.17) is 23.6 Å². The molecule has 0 bridgehead atoms. The van der Waals surface area contributed by atoms with Crippen LogP contribution in [0, 0.1) is 0 Å². The first-order valence-corrected chi connectivity index (χ1v) is 23.9. The molecule has 10 nitrogen and oxygen atoms in total. The maximum atomic E-state index is 12.6. The van der Waals surface area contributed by atoms with Gasteiger partial charge in [0, 0.05) is 12.8 Å². The molecule has 0 heterocycles. The Labute approximate surface area is 341 Å². The standard InChI is InChI=1S/C45H83O10P/c1-3-5-7-9-11-13-15-17-19-21-23-25-27-29-31-33-35-37-45(49)55-43(41-54-56(50,51)53-39-42(47)38-46)40-52-44(48)36-34-32-30-28-26-24-22-20-18-16-14-12-10-8-6-4-2/h11,13,17,19-20,22,42-43,46-47H,3-10,12,14-16,18,21,23-41H2,1-2H3,(H,50,51)/b13-11-,19-17-,22-20-. The monoisotopic (exact) mass is 815 g/mol. The number of ether oxygens (including phenoxy) is 2. The van der Waals surface area contributed by atoms with E-state index in [9.17, 15) is 24.2 Å². The maximum Gasteiger partial charge on any atom is 0.472 e. The van der Waals surface area contributed by atoms with Crippen molar-refractivity contribution in [2.45, 2.75) is 212 Å². The Balaban J connectivity index is 4.30. The van der Waals surface area contributed by atoms with Crippen molar-refractivity contribution in [1.29, 1.82) is 0 Å². The van der Waals surface area contributed by atoms with Gasteiger partial charge in [-0.1, -0.05) is 153 Å². The molecule has 0 saturated heterocycles. The van der Waals surface area contributed by atoms with Crippen molar-refractivity contribution < 1.29 is 47.8 Å². The predicted molar refractivity (Wildman–Crippen MR) is 228 cm³/mol. The minimum atomic E-state index is -4.62. The van der Waals surface area contributed by atoms with Gasteiger partial charge in [0.25, 0.3) is 0 Å². The molecule has 3 unspecified atom stereocenters. The quantitative estimate of drug-likeness (QED) is 0.0235. The van der Waals surface area contributed by atoms with Crippen molar-refractivity contribution in [2.75, 3.05) is 26.4 Å². The predicted octanol–water partition coefficient (Wildman–Crippen LogP) is 11.9. The Bertz CT molecular complexity index is 1030. The summed E-state index contributed by atoms with van der Waals surface area (Å²) in [5, 5.41) is 18.3. The fourth-order valence-corrected chi connectivity index (χ4v) is 6.81. The van der Waals surface area contributed by atoms with Crippen LogP contribution in [0.15, 0.2) is 36.5 Å². The number of aliphatic hydroxyl groups is 2. The van der Waals surface area contributed by atoms with Gasteiger partial charge in [0.2, 0.25) is 0 Å². The first-order chi connectivity index (χ1) is 27.2. The molecule has 56 heavy (non-hydrogen) atoms. The minimum absolute atomic E-state index is 0.174. The van der Waals surface area contributed by atoms with E-state index in [-0.39, 0.29) is 19.4 Å². The van der Waals surface area contributed by atoms with E-state index in [1.807, 2.05) is 0 Å². The lowest BCUT2D eigenvalue weighted by Crippen LogP contribution is -2.29. The van der Waals surface area contributed by atoms with E-state index in [0.29, 0.717) is 12.8 Å². The van der Waals surface area contributed by atoms with Crippen LogP contribution in [0.4, 0.5) is 0 Å². The summed E-state index contributed by atoms with van der Waals surface area (Å²) in [6.07, 6.45) is 42.4. The molecule has 3 atom stereocenters. The molecular weight excluding hydrogens is 731 g/mol. The van der Waals surface area contributed by atoms with Crippen LogP contribution in [0.1, 0.15) is 200 Å². The lowest BCUT2D eigenvalue weighted by molar-refractivity contribution is -0.161. The fraction of sp³-hybridized carbons (Fsp3) is 0.822. The number of hydrogen-bond acceptors (Lipinski definition) is 9. The zero-order valence-corrected chi connectivity index (χ0v) is 36.5. The lowest BCUT2D eigenvalue weighted by atomic mass is 10.1. The molecule has 0 saturated carbocycles. The molecule has 0 fully saturated rings. The van der Waals surface area contributed by atoms with E-state index in [0.717, 1.165) is 70.6 Å². The smallest absolute Gasteiger partial charge is 0.462 e. The molecule has 0 aliphatic carbocycles. The van der Waals surface area contributed by atoms with Gasteiger partial charge >= 0.3 is 19.8 Å². The highest BCUT2D eigenvalue weighted by atomic mass is 31.2. The molecule has 0 aliphatic heterocycles. The van der Waals surface area contributed by atoms with Crippen LogP contribution in [0.25, 0.3) is 0 Å². The number of allylic oxidation sites excluding steroid dienone is 6. The minimum Gasteiger partial charge on any atom is -0.462 e. The summed E-state index contributed by atoms with van der Waals surface area (Å²) in [4.78, 5) is 35.0. The van der Waals surface area contributed by atoms with Gasteiger partial charge in [0.15, 0.2) is 6.10 Å². The fourth-order valence-electron chi connectivity index (χ4n) is 6.02. The van der Waals surface area contributed by atoms with Crippen molar-refractivity contribution in [3.05, 3.63) is 36.5 Å². The molecule has 0 rings (SSSR count). The normalized spacial score (nSPS) is 14.2. The molecule has 0 aromatic heterocycles. The van der Waals surface area contributed by atoms with Crippen molar-refractivity contribution in [3.63, 3.8) is 0 Å². The van der Waals surface area contributed by atoms with Crippen molar-refractivity contribution >= 4 is 19.8 Å². The highest BCUT2D eigenvalue weighted by Gasteiger charge is 2.27. The zero-order valence-electron chi connectivity index (χ0n) is 35.6. The number of carbonyl (C=O) groups excluding carboxylic acids is 2. The molecule has 3 N–H and O–H groups in total. The highest BCUT2D eigenvalue weighted by Crippen LogP contribution is 2.43.